The summed E-state index contributed by atoms with van der Waals surface area (Å²) in [6.07, 6.45) is 0. The minimum Gasteiger partial charge on any atom is -0.219 e. The molecule has 0 spiro atoms. The van der Waals surface area contributed by atoms with Crippen LogP contribution in [-0.4, -0.2) is 8.42 Å². The molecule has 0 aromatic carbocycles. The lowest BCUT2D eigenvalue weighted by molar-refractivity contribution is 0.612. The molecule has 2 nitrogen and oxygen atoms in total. The maximum atomic E-state index is 11.3. The van der Waals surface area contributed by atoms with Gasteiger partial charge in [0.15, 0.2) is 0 Å². The monoisotopic (exact) mass is 236 g/mol. The van der Waals surface area contributed by atoms with Crippen molar-refractivity contribution in [3.05, 3.63) is 30.1 Å². The van der Waals surface area contributed by atoms with Crippen molar-refractivity contribution < 1.29 is 8.42 Å². The number of hydrogen-bond acceptors (Lipinski definition) is 5. The van der Waals surface area contributed by atoms with Crippen molar-refractivity contribution in [3.8, 4) is 0 Å². The molecule has 12 heavy (non-hydrogen) atoms. The van der Waals surface area contributed by atoms with E-state index >= 15 is 0 Å². The molecule has 64 valence electrons. The zero-order chi connectivity index (χ0) is 8.60. The van der Waals surface area contributed by atoms with Crippen molar-refractivity contribution in [2.45, 2.75) is 0 Å². The zero-order valence-electron chi connectivity index (χ0n) is 5.76. The summed E-state index contributed by atoms with van der Waals surface area (Å²) in [5, 5.41) is 6.64. The van der Waals surface area contributed by atoms with Crippen LogP contribution in [0.3, 0.4) is 0 Å². The smallest absolute Gasteiger partial charge is 0.208 e. The van der Waals surface area contributed by atoms with Crippen LogP contribution in [-0.2, 0) is 9.84 Å². The predicted octanol–water partition coefficient (Wildman–Crippen LogP) is 2.70. The summed E-state index contributed by atoms with van der Waals surface area (Å²) in [6, 6.07) is 0. The molecule has 0 N–H and O–H groups in total. The molecule has 0 amide bonds. The zero-order valence-corrected chi connectivity index (χ0v) is 9.02. The summed E-state index contributed by atoms with van der Waals surface area (Å²) in [4.78, 5) is 0. The van der Waals surface area contributed by atoms with E-state index in [0.29, 0.717) is 4.24 Å². The molecule has 2 aliphatic heterocycles. The predicted molar refractivity (Wildman–Crippen MR) is 57.0 cm³/mol. The average Bonchev–Trinajstić information content (AvgIpc) is 2.55. The Morgan fingerprint density at radius 3 is 2.17 bits per heavy atom. The van der Waals surface area contributed by atoms with Crippen LogP contribution in [0.5, 0.6) is 0 Å². The molecule has 0 atom stereocenters. The van der Waals surface area contributed by atoms with Crippen molar-refractivity contribution in [1.82, 2.24) is 0 Å². The normalized spacial score (nSPS) is 25.7. The molecule has 0 radical (unpaired) electrons. The Morgan fingerprint density at radius 2 is 1.67 bits per heavy atom. The number of sulfone groups is 1. The molecule has 0 aromatic heterocycles. The average molecular weight is 236 g/mol. The minimum absolute atomic E-state index is 0.475. The Kier molecular flexibility index (Phi) is 2.33. The fourth-order valence-electron chi connectivity index (χ4n) is 0.759. The molecule has 2 rings (SSSR count). The van der Waals surface area contributed by atoms with Gasteiger partial charge in [0.25, 0.3) is 0 Å². The van der Waals surface area contributed by atoms with Gasteiger partial charge in [0.1, 0.15) is 4.24 Å². The molecule has 0 bridgehead atoms. The van der Waals surface area contributed by atoms with E-state index in [-0.39, 0.29) is 0 Å². The van der Waals surface area contributed by atoms with Crippen LogP contribution in [0.4, 0.5) is 0 Å². The van der Waals surface area contributed by atoms with Crippen LogP contribution < -0.4 is 0 Å². The van der Waals surface area contributed by atoms with E-state index < -0.39 is 9.84 Å². The van der Waals surface area contributed by atoms with Gasteiger partial charge in [-0.25, -0.2) is 8.42 Å². The van der Waals surface area contributed by atoms with Crippen molar-refractivity contribution >= 4 is 45.1 Å². The largest absolute Gasteiger partial charge is 0.219 e. The Hall–Kier alpha value is 0.220. The second-order valence-corrected chi connectivity index (χ2v) is 7.05. The molecule has 2 aliphatic rings. The molecule has 0 aromatic rings. The van der Waals surface area contributed by atoms with Crippen LogP contribution in [0.2, 0.25) is 0 Å². The molecule has 0 aliphatic carbocycles. The Bertz CT molecular complexity index is 378. The van der Waals surface area contributed by atoms with Crippen molar-refractivity contribution in [2.24, 2.45) is 0 Å². The summed E-state index contributed by atoms with van der Waals surface area (Å²) in [6.45, 7) is 0. The molecule has 0 fully saturated rings. The van der Waals surface area contributed by atoms with E-state index in [0.717, 1.165) is 4.24 Å². The second kappa shape index (κ2) is 3.17. The van der Waals surface area contributed by atoms with E-state index in [4.69, 9.17) is 0 Å². The SMILES string of the molecule is O=S1(=O)C=CSC1=C1SC=CS1. The Labute approximate surface area is 83.5 Å². The van der Waals surface area contributed by atoms with Gasteiger partial charge in [-0.15, -0.1) is 0 Å². The summed E-state index contributed by atoms with van der Waals surface area (Å²) in [7, 11) is -3.09. The van der Waals surface area contributed by atoms with E-state index in [1.54, 1.807) is 5.41 Å². The lowest BCUT2D eigenvalue weighted by atomic mass is 11.2. The third kappa shape index (κ3) is 1.48. The first-order valence-corrected chi connectivity index (χ1v) is 7.19. The molecule has 0 saturated heterocycles. The highest BCUT2D eigenvalue weighted by molar-refractivity contribution is 8.31. The van der Waals surface area contributed by atoms with E-state index in [9.17, 15) is 8.42 Å². The van der Waals surface area contributed by atoms with Gasteiger partial charge >= 0.3 is 0 Å². The maximum absolute atomic E-state index is 11.3. The first kappa shape index (κ1) is 8.80. The number of thioether (sulfide) groups is 3. The summed E-state index contributed by atoms with van der Waals surface area (Å²) in [5.41, 5.74) is 0. The Morgan fingerprint density at radius 1 is 1.00 bits per heavy atom. The van der Waals surface area contributed by atoms with E-state index in [1.165, 1.54) is 40.7 Å². The quantitative estimate of drug-likeness (QED) is 0.646. The fourth-order valence-corrected chi connectivity index (χ4v) is 6.01. The summed E-state index contributed by atoms with van der Waals surface area (Å²) in [5.74, 6) is 0. The van der Waals surface area contributed by atoms with Gasteiger partial charge in [0, 0.05) is 5.41 Å². The minimum atomic E-state index is -3.09. The summed E-state index contributed by atoms with van der Waals surface area (Å²) < 4.78 is 24.0. The lowest BCUT2D eigenvalue weighted by Gasteiger charge is -1.99. The first-order chi connectivity index (χ1) is 5.70. The van der Waals surface area contributed by atoms with Gasteiger partial charge < -0.3 is 0 Å². The molecule has 2 heterocycles. The van der Waals surface area contributed by atoms with Crippen molar-refractivity contribution in [2.75, 3.05) is 0 Å². The molecular formula is C6H4O2S4. The molecule has 0 unspecified atom stereocenters. The van der Waals surface area contributed by atoms with Gasteiger partial charge in [-0.1, -0.05) is 35.3 Å². The van der Waals surface area contributed by atoms with E-state index in [1.807, 2.05) is 10.8 Å². The Balaban J connectivity index is 2.44. The van der Waals surface area contributed by atoms with Gasteiger partial charge in [0.05, 0.1) is 4.24 Å². The number of rotatable bonds is 0. The van der Waals surface area contributed by atoms with Crippen LogP contribution in [0, 0.1) is 0 Å². The fraction of sp³-hybridized carbons (Fsp3) is 0. The number of hydrogen-bond donors (Lipinski definition) is 0. The van der Waals surface area contributed by atoms with Crippen LogP contribution in [0.25, 0.3) is 0 Å². The second-order valence-electron chi connectivity index (χ2n) is 2.02. The molecule has 0 saturated carbocycles. The van der Waals surface area contributed by atoms with Crippen LogP contribution in [0.15, 0.2) is 30.1 Å². The third-order valence-corrected chi connectivity index (χ3v) is 6.95. The van der Waals surface area contributed by atoms with Crippen molar-refractivity contribution in [1.29, 1.82) is 0 Å². The van der Waals surface area contributed by atoms with Gasteiger partial charge in [-0.3, -0.25) is 0 Å². The maximum Gasteiger partial charge on any atom is 0.208 e. The highest BCUT2D eigenvalue weighted by Crippen LogP contribution is 2.47. The first-order valence-electron chi connectivity index (χ1n) is 3.01. The highest BCUT2D eigenvalue weighted by atomic mass is 32.3. The lowest BCUT2D eigenvalue weighted by Crippen LogP contribution is -1.91. The molecule has 6 heteroatoms. The van der Waals surface area contributed by atoms with Crippen molar-refractivity contribution in [3.63, 3.8) is 0 Å². The van der Waals surface area contributed by atoms with Crippen LogP contribution in [0.1, 0.15) is 0 Å². The van der Waals surface area contributed by atoms with Gasteiger partial charge in [-0.05, 0) is 16.2 Å². The van der Waals surface area contributed by atoms with Crippen LogP contribution >= 0.6 is 35.3 Å². The van der Waals surface area contributed by atoms with E-state index in [2.05, 4.69) is 0 Å². The topological polar surface area (TPSA) is 34.1 Å². The van der Waals surface area contributed by atoms with Gasteiger partial charge in [0.2, 0.25) is 9.84 Å². The standard InChI is InChI=1S/C6H4O2S4/c7-12(8)4-3-11-6(12)5-9-1-2-10-5/h1-4H. The third-order valence-electron chi connectivity index (χ3n) is 1.24. The highest BCUT2D eigenvalue weighted by Gasteiger charge is 2.25. The van der Waals surface area contributed by atoms with Gasteiger partial charge in [-0.2, -0.15) is 0 Å². The molecular weight excluding hydrogens is 232 g/mol. The summed E-state index contributed by atoms with van der Waals surface area (Å²) >= 11 is 4.20.